The number of guanidine groups is 1. The summed E-state index contributed by atoms with van der Waals surface area (Å²) in [5.74, 6) is 0.345. The van der Waals surface area contributed by atoms with Crippen molar-refractivity contribution >= 4 is 16.0 Å². The van der Waals surface area contributed by atoms with Gasteiger partial charge >= 0.3 is 0 Å². The first-order valence-corrected chi connectivity index (χ1v) is 9.45. The fourth-order valence-corrected chi connectivity index (χ4v) is 2.98. The van der Waals surface area contributed by atoms with Crippen molar-refractivity contribution in [3.05, 3.63) is 29.8 Å². The predicted octanol–water partition coefficient (Wildman–Crippen LogP) is -0.539. The monoisotopic (exact) mass is 355 g/mol. The lowest BCUT2D eigenvalue weighted by molar-refractivity contribution is 0.0376. The quantitative estimate of drug-likeness (QED) is 0.343. The highest BCUT2D eigenvalue weighted by molar-refractivity contribution is 7.89. The van der Waals surface area contributed by atoms with Crippen molar-refractivity contribution in [2.45, 2.75) is 17.9 Å². The van der Waals surface area contributed by atoms with Gasteiger partial charge in [0.2, 0.25) is 10.0 Å². The van der Waals surface area contributed by atoms with E-state index in [1.54, 1.807) is 12.1 Å². The number of aliphatic imine (C=N–C) groups is 1. The highest BCUT2D eigenvalue weighted by Gasteiger charge is 2.09. The van der Waals surface area contributed by atoms with E-state index in [1.807, 2.05) is 0 Å². The molecule has 0 spiro atoms. The summed E-state index contributed by atoms with van der Waals surface area (Å²) in [6.45, 7) is 5.59. The van der Waals surface area contributed by atoms with Crippen LogP contribution < -0.4 is 16.2 Å². The van der Waals surface area contributed by atoms with Crippen molar-refractivity contribution < 1.29 is 13.2 Å². The van der Waals surface area contributed by atoms with Crippen LogP contribution in [0.4, 0.5) is 0 Å². The molecule has 134 valence electrons. The standard InChI is InChI=1S/C15H25N5O3S/c16-15(18-5-2-6-20-7-9-23-10-8-20)19-12-13-3-1-4-14(11-13)24(17,21)22/h1,3-4,11H,2,5-10,12H2,(H3,16,18,19)(H2,17,21,22). The number of rotatable bonds is 7. The van der Waals surface area contributed by atoms with Gasteiger partial charge in [0.25, 0.3) is 0 Å². The van der Waals surface area contributed by atoms with Gasteiger partial charge in [-0.15, -0.1) is 0 Å². The fraction of sp³-hybridized carbons (Fsp3) is 0.533. The molecule has 5 N–H and O–H groups in total. The number of ether oxygens (including phenoxy) is 1. The van der Waals surface area contributed by atoms with Crippen molar-refractivity contribution in [3.8, 4) is 0 Å². The van der Waals surface area contributed by atoms with E-state index in [9.17, 15) is 8.42 Å². The molecule has 1 saturated heterocycles. The third-order valence-corrected chi connectivity index (χ3v) is 4.63. The molecule has 0 aromatic heterocycles. The topological polar surface area (TPSA) is 123 Å². The molecular weight excluding hydrogens is 330 g/mol. The molecule has 1 fully saturated rings. The fourth-order valence-electron chi connectivity index (χ4n) is 2.40. The van der Waals surface area contributed by atoms with Crippen LogP contribution in [0.1, 0.15) is 12.0 Å². The number of benzene rings is 1. The molecule has 1 heterocycles. The Kier molecular flexibility index (Phi) is 6.98. The van der Waals surface area contributed by atoms with Gasteiger partial charge in [0.1, 0.15) is 0 Å². The normalized spacial score (nSPS) is 17.0. The second-order valence-corrected chi connectivity index (χ2v) is 7.19. The predicted molar refractivity (Wildman–Crippen MR) is 93.0 cm³/mol. The maximum atomic E-state index is 11.3. The van der Waals surface area contributed by atoms with E-state index in [0.29, 0.717) is 12.5 Å². The van der Waals surface area contributed by atoms with Crippen molar-refractivity contribution in [1.82, 2.24) is 10.2 Å². The summed E-state index contributed by atoms with van der Waals surface area (Å²) < 4.78 is 27.9. The van der Waals surface area contributed by atoms with Crippen LogP contribution in [-0.2, 0) is 21.3 Å². The average Bonchev–Trinajstić information content (AvgIpc) is 2.57. The molecule has 8 nitrogen and oxygen atoms in total. The number of sulfonamides is 1. The highest BCUT2D eigenvalue weighted by Crippen LogP contribution is 2.10. The summed E-state index contributed by atoms with van der Waals surface area (Å²) in [6, 6.07) is 6.38. The molecule has 0 unspecified atom stereocenters. The van der Waals surface area contributed by atoms with E-state index in [4.69, 9.17) is 15.6 Å². The number of primary sulfonamides is 1. The van der Waals surface area contributed by atoms with Crippen LogP contribution in [0.2, 0.25) is 0 Å². The van der Waals surface area contributed by atoms with Crippen LogP contribution in [0.15, 0.2) is 34.2 Å². The Hall–Kier alpha value is -1.68. The summed E-state index contributed by atoms with van der Waals surface area (Å²) >= 11 is 0. The van der Waals surface area contributed by atoms with Crippen LogP contribution in [0.3, 0.4) is 0 Å². The lowest BCUT2D eigenvalue weighted by atomic mass is 10.2. The number of nitrogens with one attached hydrogen (secondary N) is 1. The smallest absolute Gasteiger partial charge is 0.238 e. The van der Waals surface area contributed by atoms with Gasteiger partial charge in [-0.1, -0.05) is 12.1 Å². The molecule has 24 heavy (non-hydrogen) atoms. The third-order valence-electron chi connectivity index (χ3n) is 3.72. The Labute approximate surface area is 142 Å². The third kappa shape index (κ3) is 6.44. The molecular formula is C15H25N5O3S. The van der Waals surface area contributed by atoms with Crippen LogP contribution in [0.25, 0.3) is 0 Å². The number of nitrogens with zero attached hydrogens (tertiary/aromatic N) is 2. The Morgan fingerprint density at radius 3 is 2.79 bits per heavy atom. The molecule has 1 aromatic carbocycles. The average molecular weight is 355 g/mol. The van der Waals surface area contributed by atoms with Gasteiger partial charge in [-0.3, -0.25) is 4.90 Å². The first-order chi connectivity index (χ1) is 11.4. The van der Waals surface area contributed by atoms with E-state index in [-0.39, 0.29) is 4.90 Å². The minimum Gasteiger partial charge on any atom is -0.379 e. The highest BCUT2D eigenvalue weighted by atomic mass is 32.2. The van der Waals surface area contributed by atoms with Crippen molar-refractivity contribution in [2.75, 3.05) is 39.4 Å². The van der Waals surface area contributed by atoms with E-state index in [0.717, 1.165) is 51.4 Å². The van der Waals surface area contributed by atoms with Gasteiger partial charge in [0, 0.05) is 19.6 Å². The van der Waals surface area contributed by atoms with Crippen LogP contribution in [-0.4, -0.2) is 58.7 Å². The molecule has 1 aliphatic heterocycles. The SMILES string of the molecule is NC(=NCc1cccc(S(N)(=O)=O)c1)NCCCN1CCOCC1. The van der Waals surface area contributed by atoms with Crippen LogP contribution >= 0.6 is 0 Å². The summed E-state index contributed by atoms with van der Waals surface area (Å²) in [6.07, 6.45) is 0.969. The molecule has 1 aromatic rings. The molecule has 1 aliphatic rings. The Balaban J connectivity index is 1.73. The molecule has 0 bridgehead atoms. The number of hydrogen-bond acceptors (Lipinski definition) is 5. The molecule has 9 heteroatoms. The molecule has 0 saturated carbocycles. The lowest BCUT2D eigenvalue weighted by Crippen LogP contribution is -2.39. The van der Waals surface area contributed by atoms with E-state index < -0.39 is 10.0 Å². The number of morpholine rings is 1. The van der Waals surface area contributed by atoms with Crippen molar-refractivity contribution in [1.29, 1.82) is 0 Å². The second kappa shape index (κ2) is 8.97. The zero-order valence-electron chi connectivity index (χ0n) is 13.6. The van der Waals surface area contributed by atoms with Gasteiger partial charge < -0.3 is 15.8 Å². The summed E-state index contributed by atoms with van der Waals surface area (Å²) in [7, 11) is -3.70. The van der Waals surface area contributed by atoms with E-state index in [1.165, 1.54) is 12.1 Å². The van der Waals surface area contributed by atoms with E-state index in [2.05, 4.69) is 15.2 Å². The maximum Gasteiger partial charge on any atom is 0.238 e. The maximum absolute atomic E-state index is 11.3. The van der Waals surface area contributed by atoms with Crippen LogP contribution in [0.5, 0.6) is 0 Å². The Bertz CT molecular complexity index is 657. The van der Waals surface area contributed by atoms with Crippen molar-refractivity contribution in [3.63, 3.8) is 0 Å². The summed E-state index contributed by atoms with van der Waals surface area (Å²) in [5.41, 5.74) is 6.56. The lowest BCUT2D eigenvalue weighted by Gasteiger charge is -2.26. The minimum atomic E-state index is -3.70. The zero-order valence-corrected chi connectivity index (χ0v) is 14.5. The molecule has 0 atom stereocenters. The Morgan fingerprint density at radius 2 is 2.08 bits per heavy atom. The van der Waals surface area contributed by atoms with Crippen molar-refractivity contribution in [2.24, 2.45) is 15.9 Å². The van der Waals surface area contributed by atoms with Crippen LogP contribution in [0, 0.1) is 0 Å². The van der Waals surface area contributed by atoms with Gasteiger partial charge in [0.05, 0.1) is 24.7 Å². The number of hydrogen-bond donors (Lipinski definition) is 3. The molecule has 2 rings (SSSR count). The minimum absolute atomic E-state index is 0.0761. The molecule has 0 aliphatic carbocycles. The van der Waals surface area contributed by atoms with Gasteiger partial charge in [-0.05, 0) is 30.7 Å². The first kappa shape index (κ1) is 18.7. The second-order valence-electron chi connectivity index (χ2n) is 5.63. The van der Waals surface area contributed by atoms with Gasteiger partial charge in [-0.2, -0.15) is 0 Å². The Morgan fingerprint density at radius 1 is 1.33 bits per heavy atom. The largest absolute Gasteiger partial charge is 0.379 e. The van der Waals surface area contributed by atoms with Gasteiger partial charge in [-0.25, -0.2) is 18.5 Å². The first-order valence-electron chi connectivity index (χ1n) is 7.91. The summed E-state index contributed by atoms with van der Waals surface area (Å²) in [5, 5.41) is 8.18. The van der Waals surface area contributed by atoms with Gasteiger partial charge in [0.15, 0.2) is 5.96 Å². The molecule has 0 amide bonds. The van der Waals surface area contributed by atoms with E-state index >= 15 is 0 Å². The zero-order chi connectivity index (χ0) is 17.4. The summed E-state index contributed by atoms with van der Waals surface area (Å²) in [4.78, 5) is 6.65. The number of nitrogens with two attached hydrogens (primary N) is 2. The molecule has 0 radical (unpaired) electrons.